The number of hydrogen-bond acceptors (Lipinski definition) is 5. The molecular weight excluding hydrogens is 460 g/mol. The Bertz CT molecular complexity index is 1070. The lowest BCUT2D eigenvalue weighted by molar-refractivity contribution is -0.149. The van der Waals surface area contributed by atoms with E-state index in [2.05, 4.69) is 11.9 Å². The molecular formula is C28H32N2O4S. The average Bonchev–Trinajstić information content (AvgIpc) is 3.55. The van der Waals surface area contributed by atoms with Crippen LogP contribution in [0, 0.1) is 0 Å². The van der Waals surface area contributed by atoms with Gasteiger partial charge in [-0.25, -0.2) is 0 Å². The van der Waals surface area contributed by atoms with E-state index >= 15 is 0 Å². The van der Waals surface area contributed by atoms with Gasteiger partial charge in [0.1, 0.15) is 17.5 Å². The highest BCUT2D eigenvalue weighted by atomic mass is 32.2. The van der Waals surface area contributed by atoms with E-state index in [1.165, 1.54) is 0 Å². The minimum atomic E-state index is -0.746. The van der Waals surface area contributed by atoms with Crippen molar-refractivity contribution in [1.29, 1.82) is 0 Å². The fourth-order valence-corrected chi connectivity index (χ4v) is 5.03. The van der Waals surface area contributed by atoms with Gasteiger partial charge in [0.2, 0.25) is 5.91 Å². The number of nitrogens with one attached hydrogen (secondary N) is 1. The van der Waals surface area contributed by atoms with Crippen LogP contribution in [0.1, 0.15) is 42.9 Å². The fourth-order valence-electron chi connectivity index (χ4n) is 4.73. The molecule has 0 radical (unpaired) electrons. The number of benzene rings is 2. The first-order valence-electron chi connectivity index (χ1n) is 12.3. The summed E-state index contributed by atoms with van der Waals surface area (Å²) >= 11 is 1.67. The number of amides is 2. The number of nitrogens with zero attached hydrogens (tertiary/aromatic N) is 1. The molecule has 3 aliphatic rings. The largest absolute Gasteiger partial charge is 0.490 e. The summed E-state index contributed by atoms with van der Waals surface area (Å²) in [5.74, 6) is 2.02. The highest BCUT2D eigenvalue weighted by Gasteiger charge is 2.44. The highest BCUT2D eigenvalue weighted by molar-refractivity contribution is 7.98. The zero-order chi connectivity index (χ0) is 24.4. The summed E-state index contributed by atoms with van der Waals surface area (Å²) in [6, 6.07) is 14.5. The Labute approximate surface area is 211 Å². The second-order valence-electron chi connectivity index (χ2n) is 9.55. The predicted octanol–water partition coefficient (Wildman–Crippen LogP) is 4.30. The van der Waals surface area contributed by atoms with Crippen LogP contribution in [0.5, 0.6) is 11.5 Å². The van der Waals surface area contributed by atoms with Crippen molar-refractivity contribution in [2.24, 2.45) is 0 Å². The van der Waals surface area contributed by atoms with Gasteiger partial charge in [0.25, 0.3) is 5.91 Å². The lowest BCUT2D eigenvalue weighted by atomic mass is 9.84. The Morgan fingerprint density at radius 2 is 1.89 bits per heavy atom. The summed E-state index contributed by atoms with van der Waals surface area (Å²) in [6.45, 7) is 4.62. The second kappa shape index (κ2) is 10.4. The number of para-hydroxylation sites is 1. The van der Waals surface area contributed by atoms with Gasteiger partial charge in [0.05, 0.1) is 6.10 Å². The Morgan fingerprint density at radius 1 is 1.14 bits per heavy atom. The van der Waals surface area contributed by atoms with E-state index in [0.717, 1.165) is 46.8 Å². The van der Waals surface area contributed by atoms with Gasteiger partial charge < -0.3 is 19.7 Å². The molecule has 0 saturated heterocycles. The number of carbonyl (C=O) groups excluding carboxylic acids is 2. The monoisotopic (exact) mass is 492 g/mol. The van der Waals surface area contributed by atoms with Crippen LogP contribution >= 0.6 is 11.8 Å². The maximum atomic E-state index is 14.0. The van der Waals surface area contributed by atoms with Crippen molar-refractivity contribution in [3.63, 3.8) is 0 Å². The zero-order valence-corrected chi connectivity index (χ0v) is 20.9. The third kappa shape index (κ3) is 5.35. The summed E-state index contributed by atoms with van der Waals surface area (Å²) in [6.07, 6.45) is 5.74. The molecule has 0 aromatic heterocycles. The van der Waals surface area contributed by atoms with E-state index in [0.29, 0.717) is 31.9 Å². The van der Waals surface area contributed by atoms with E-state index in [-0.39, 0.29) is 17.9 Å². The SMILES string of the molecule is C=C1CC(N(C(=O)C2Cc3ccccc3O2)C(C(=O)NCCSC)c2ccc(OC3CC3)cc2)C1. The molecule has 2 aromatic carbocycles. The molecule has 2 fully saturated rings. The normalized spacial score (nSPS) is 19.8. The van der Waals surface area contributed by atoms with Gasteiger partial charge in [-0.1, -0.05) is 42.5 Å². The first kappa shape index (κ1) is 23.8. The van der Waals surface area contributed by atoms with E-state index < -0.39 is 12.1 Å². The maximum Gasteiger partial charge on any atom is 0.265 e. The number of carbonyl (C=O) groups is 2. The number of fused-ring (bicyclic) bond motifs is 1. The van der Waals surface area contributed by atoms with Crippen LogP contribution in [0.2, 0.25) is 0 Å². The number of thioether (sulfide) groups is 1. The number of rotatable bonds is 10. The molecule has 5 rings (SSSR count). The molecule has 2 saturated carbocycles. The zero-order valence-electron chi connectivity index (χ0n) is 20.1. The molecule has 2 aromatic rings. The van der Waals surface area contributed by atoms with Crippen molar-refractivity contribution in [2.75, 3.05) is 18.6 Å². The number of ether oxygens (including phenoxy) is 2. The van der Waals surface area contributed by atoms with Crippen LogP contribution in [-0.4, -0.2) is 53.5 Å². The van der Waals surface area contributed by atoms with Crippen molar-refractivity contribution in [3.8, 4) is 11.5 Å². The number of hydrogen-bond donors (Lipinski definition) is 1. The molecule has 1 heterocycles. The standard InChI is InChI=1S/C28H32N2O4S/c1-18-15-21(16-18)30(28(32)25-17-20-5-3-4-6-24(20)34-25)26(27(31)29-13-14-35-2)19-7-9-22(10-8-19)33-23-11-12-23/h3-10,21,23,25-26H,1,11-17H2,2H3,(H,29,31). The first-order chi connectivity index (χ1) is 17.0. The van der Waals surface area contributed by atoms with E-state index in [9.17, 15) is 9.59 Å². The van der Waals surface area contributed by atoms with Crippen molar-refractivity contribution in [2.45, 2.75) is 56.4 Å². The molecule has 2 aliphatic carbocycles. The highest BCUT2D eigenvalue weighted by Crippen LogP contribution is 2.39. The van der Waals surface area contributed by atoms with Crippen LogP contribution < -0.4 is 14.8 Å². The van der Waals surface area contributed by atoms with E-state index in [4.69, 9.17) is 9.47 Å². The van der Waals surface area contributed by atoms with Crippen LogP contribution in [0.4, 0.5) is 0 Å². The molecule has 1 aliphatic heterocycles. The van der Waals surface area contributed by atoms with Crippen molar-refractivity contribution in [3.05, 3.63) is 71.8 Å². The van der Waals surface area contributed by atoms with Crippen molar-refractivity contribution >= 4 is 23.6 Å². The average molecular weight is 493 g/mol. The molecule has 6 nitrogen and oxygen atoms in total. The fraction of sp³-hybridized carbons (Fsp3) is 0.429. The molecule has 2 amide bonds. The van der Waals surface area contributed by atoms with Crippen molar-refractivity contribution < 1.29 is 19.1 Å². The molecule has 2 atom stereocenters. The van der Waals surface area contributed by atoms with Gasteiger partial charge in [-0.3, -0.25) is 9.59 Å². The quantitative estimate of drug-likeness (QED) is 0.396. The van der Waals surface area contributed by atoms with Gasteiger partial charge in [-0.05, 0) is 61.3 Å². The maximum absolute atomic E-state index is 14.0. The van der Waals surface area contributed by atoms with Crippen LogP contribution in [0.3, 0.4) is 0 Å². The van der Waals surface area contributed by atoms with Crippen molar-refractivity contribution in [1.82, 2.24) is 10.2 Å². The molecule has 184 valence electrons. The lowest BCUT2D eigenvalue weighted by Crippen LogP contribution is -2.55. The third-order valence-corrected chi connectivity index (χ3v) is 7.39. The van der Waals surface area contributed by atoms with Crippen LogP contribution in [-0.2, 0) is 16.0 Å². The minimum Gasteiger partial charge on any atom is -0.490 e. The Balaban J connectivity index is 1.44. The summed E-state index contributed by atoms with van der Waals surface area (Å²) in [5.41, 5.74) is 2.89. The van der Waals surface area contributed by atoms with Gasteiger partial charge in [-0.15, -0.1) is 0 Å². The lowest BCUT2D eigenvalue weighted by Gasteiger charge is -2.44. The molecule has 7 heteroatoms. The van der Waals surface area contributed by atoms with Crippen LogP contribution in [0.25, 0.3) is 0 Å². The van der Waals surface area contributed by atoms with Gasteiger partial charge >= 0.3 is 0 Å². The van der Waals surface area contributed by atoms with E-state index in [1.54, 1.807) is 16.7 Å². The van der Waals surface area contributed by atoms with Gasteiger partial charge in [0, 0.05) is 24.8 Å². The van der Waals surface area contributed by atoms with Gasteiger partial charge in [0.15, 0.2) is 6.10 Å². The molecule has 35 heavy (non-hydrogen) atoms. The minimum absolute atomic E-state index is 0.0824. The predicted molar refractivity (Wildman–Crippen MR) is 138 cm³/mol. The molecule has 1 N–H and O–H groups in total. The third-order valence-electron chi connectivity index (χ3n) is 6.77. The summed E-state index contributed by atoms with van der Waals surface area (Å²) in [4.78, 5) is 29.3. The molecule has 0 bridgehead atoms. The summed E-state index contributed by atoms with van der Waals surface area (Å²) < 4.78 is 12.0. The van der Waals surface area contributed by atoms with Gasteiger partial charge in [-0.2, -0.15) is 11.8 Å². The van der Waals surface area contributed by atoms with Crippen LogP contribution in [0.15, 0.2) is 60.7 Å². The van der Waals surface area contributed by atoms with E-state index in [1.807, 2.05) is 54.8 Å². The second-order valence-corrected chi connectivity index (χ2v) is 10.5. The first-order valence-corrected chi connectivity index (χ1v) is 13.7. The Kier molecular flexibility index (Phi) is 7.04. The summed E-state index contributed by atoms with van der Waals surface area (Å²) in [7, 11) is 0. The molecule has 2 unspecified atom stereocenters. The Morgan fingerprint density at radius 3 is 2.54 bits per heavy atom. The summed E-state index contributed by atoms with van der Waals surface area (Å²) in [5, 5.41) is 3.05. The Hall–Kier alpha value is -2.93. The topological polar surface area (TPSA) is 67.9 Å². The molecule has 0 spiro atoms. The smallest absolute Gasteiger partial charge is 0.265 e.